The molecule has 0 unspecified atom stereocenters. The van der Waals surface area contributed by atoms with Gasteiger partial charge in [0, 0.05) is 0 Å². The molecule has 1 aromatic heterocycles. The Balaban J connectivity index is 3.23. The van der Waals surface area contributed by atoms with E-state index in [4.69, 9.17) is 0 Å². The minimum absolute atomic E-state index is 0.139. The van der Waals surface area contributed by atoms with Crippen LogP contribution in [-0.2, 0) is 10.2 Å². The fourth-order valence-corrected chi connectivity index (χ4v) is 1.19. The van der Waals surface area contributed by atoms with Crippen LogP contribution in [0.1, 0.15) is 36.7 Å². The van der Waals surface area contributed by atoms with Crippen molar-refractivity contribution in [3.8, 4) is 0 Å². The molecule has 0 aliphatic rings. The van der Waals surface area contributed by atoms with Gasteiger partial charge in [-0.2, -0.15) is 10.2 Å². The van der Waals surface area contributed by atoms with Crippen molar-refractivity contribution in [3.05, 3.63) is 23.5 Å². The van der Waals surface area contributed by atoms with Crippen molar-refractivity contribution >= 4 is 5.97 Å². The number of carbonyl (C=O) groups is 1. The van der Waals surface area contributed by atoms with Crippen molar-refractivity contribution in [2.45, 2.75) is 26.2 Å². The Labute approximate surface area is 83.3 Å². The van der Waals surface area contributed by atoms with Crippen molar-refractivity contribution < 1.29 is 9.53 Å². The van der Waals surface area contributed by atoms with Crippen LogP contribution in [0.2, 0.25) is 0 Å². The highest BCUT2D eigenvalue weighted by atomic mass is 16.5. The Morgan fingerprint density at radius 1 is 1.29 bits per heavy atom. The summed E-state index contributed by atoms with van der Waals surface area (Å²) in [5.74, 6) is -0.371. The number of hydrogen-bond donors (Lipinski definition) is 0. The molecule has 1 heterocycles. The number of methoxy groups -OCH3 is 1. The van der Waals surface area contributed by atoms with Crippen molar-refractivity contribution in [2.75, 3.05) is 7.11 Å². The zero-order chi connectivity index (χ0) is 10.8. The van der Waals surface area contributed by atoms with E-state index >= 15 is 0 Å². The molecule has 0 bridgehead atoms. The molecule has 0 radical (unpaired) electrons. The SMILES string of the molecule is COC(=O)c1cnncc1C(C)(C)C. The van der Waals surface area contributed by atoms with Crippen LogP contribution in [0.5, 0.6) is 0 Å². The number of aromatic nitrogens is 2. The van der Waals surface area contributed by atoms with Crippen LogP contribution in [0.3, 0.4) is 0 Å². The van der Waals surface area contributed by atoms with E-state index in [1.807, 2.05) is 20.8 Å². The molecule has 4 heteroatoms. The smallest absolute Gasteiger partial charge is 0.339 e. The van der Waals surface area contributed by atoms with Gasteiger partial charge in [-0.1, -0.05) is 20.8 Å². The molecule has 0 fully saturated rings. The molecule has 0 spiro atoms. The second kappa shape index (κ2) is 3.74. The average Bonchev–Trinajstić information content (AvgIpc) is 2.15. The van der Waals surface area contributed by atoms with Crippen LogP contribution in [0.25, 0.3) is 0 Å². The molecule has 0 saturated carbocycles. The quantitative estimate of drug-likeness (QED) is 0.636. The summed E-state index contributed by atoms with van der Waals surface area (Å²) in [5, 5.41) is 7.45. The standard InChI is InChI=1S/C10H14N2O2/c1-10(2,3)8-6-12-11-5-7(8)9(13)14-4/h5-6H,1-4H3. The lowest BCUT2D eigenvalue weighted by molar-refractivity contribution is 0.0597. The lowest BCUT2D eigenvalue weighted by atomic mass is 9.85. The third kappa shape index (κ3) is 2.07. The number of hydrogen-bond acceptors (Lipinski definition) is 4. The maximum atomic E-state index is 11.4. The van der Waals surface area contributed by atoms with Gasteiger partial charge >= 0.3 is 5.97 Å². The molecule has 0 atom stereocenters. The first-order valence-electron chi connectivity index (χ1n) is 4.36. The van der Waals surface area contributed by atoms with E-state index in [2.05, 4.69) is 14.9 Å². The summed E-state index contributed by atoms with van der Waals surface area (Å²) in [6, 6.07) is 0. The predicted molar refractivity (Wildman–Crippen MR) is 52.1 cm³/mol. The van der Waals surface area contributed by atoms with Gasteiger partial charge in [-0.15, -0.1) is 0 Å². The van der Waals surface area contributed by atoms with Gasteiger partial charge < -0.3 is 4.74 Å². The lowest BCUT2D eigenvalue weighted by Gasteiger charge is -2.20. The minimum atomic E-state index is -0.371. The zero-order valence-corrected chi connectivity index (χ0v) is 8.87. The second-order valence-electron chi connectivity index (χ2n) is 4.06. The van der Waals surface area contributed by atoms with Crippen molar-refractivity contribution in [1.82, 2.24) is 10.2 Å². The summed E-state index contributed by atoms with van der Waals surface area (Å²) in [6.45, 7) is 6.03. The van der Waals surface area contributed by atoms with Crippen molar-refractivity contribution in [1.29, 1.82) is 0 Å². The van der Waals surface area contributed by atoms with Gasteiger partial charge in [-0.3, -0.25) is 0 Å². The fraction of sp³-hybridized carbons (Fsp3) is 0.500. The first kappa shape index (κ1) is 10.6. The third-order valence-corrected chi connectivity index (χ3v) is 1.94. The van der Waals surface area contributed by atoms with E-state index < -0.39 is 0 Å². The van der Waals surface area contributed by atoms with Gasteiger partial charge in [-0.25, -0.2) is 4.79 Å². The van der Waals surface area contributed by atoms with Gasteiger partial charge in [0.15, 0.2) is 0 Å². The van der Waals surface area contributed by atoms with E-state index in [1.54, 1.807) is 6.20 Å². The van der Waals surface area contributed by atoms with Crippen LogP contribution >= 0.6 is 0 Å². The second-order valence-corrected chi connectivity index (χ2v) is 4.06. The van der Waals surface area contributed by atoms with Gasteiger partial charge in [0.05, 0.1) is 25.1 Å². The summed E-state index contributed by atoms with van der Waals surface area (Å²) in [4.78, 5) is 11.4. The largest absolute Gasteiger partial charge is 0.465 e. The minimum Gasteiger partial charge on any atom is -0.465 e. The molecule has 14 heavy (non-hydrogen) atoms. The molecular weight excluding hydrogens is 180 g/mol. The summed E-state index contributed by atoms with van der Waals surface area (Å²) in [6.07, 6.45) is 3.04. The molecular formula is C10H14N2O2. The summed E-state index contributed by atoms with van der Waals surface area (Å²) in [5.41, 5.74) is 1.19. The van der Waals surface area contributed by atoms with Crippen LogP contribution in [0.4, 0.5) is 0 Å². The highest BCUT2D eigenvalue weighted by molar-refractivity contribution is 5.90. The Hall–Kier alpha value is -1.45. The van der Waals surface area contributed by atoms with Crippen molar-refractivity contribution in [3.63, 3.8) is 0 Å². The van der Waals surface area contributed by atoms with E-state index in [-0.39, 0.29) is 11.4 Å². The zero-order valence-electron chi connectivity index (χ0n) is 8.87. The Morgan fingerprint density at radius 2 is 1.86 bits per heavy atom. The number of nitrogens with zero attached hydrogens (tertiary/aromatic N) is 2. The molecule has 0 aliphatic carbocycles. The molecule has 0 aromatic carbocycles. The van der Waals surface area contributed by atoms with Crippen molar-refractivity contribution in [2.24, 2.45) is 0 Å². The number of esters is 1. The van der Waals surface area contributed by atoms with E-state index in [9.17, 15) is 4.79 Å². The summed E-state index contributed by atoms with van der Waals surface area (Å²) in [7, 11) is 1.36. The molecule has 1 aromatic rings. The van der Waals surface area contributed by atoms with Crippen LogP contribution in [-0.4, -0.2) is 23.3 Å². The summed E-state index contributed by atoms with van der Waals surface area (Å²) < 4.78 is 4.67. The summed E-state index contributed by atoms with van der Waals surface area (Å²) >= 11 is 0. The molecule has 0 N–H and O–H groups in total. The molecule has 76 valence electrons. The average molecular weight is 194 g/mol. The monoisotopic (exact) mass is 194 g/mol. The van der Waals surface area contributed by atoms with E-state index in [1.165, 1.54) is 13.3 Å². The lowest BCUT2D eigenvalue weighted by Crippen LogP contribution is -2.18. The van der Waals surface area contributed by atoms with Gasteiger partial charge in [-0.05, 0) is 11.0 Å². The van der Waals surface area contributed by atoms with Crippen LogP contribution in [0.15, 0.2) is 12.4 Å². The topological polar surface area (TPSA) is 52.1 Å². The van der Waals surface area contributed by atoms with Crippen LogP contribution < -0.4 is 0 Å². The van der Waals surface area contributed by atoms with Crippen LogP contribution in [0, 0.1) is 0 Å². The van der Waals surface area contributed by atoms with Gasteiger partial charge in [0.1, 0.15) is 0 Å². The highest BCUT2D eigenvalue weighted by Gasteiger charge is 2.22. The predicted octanol–water partition coefficient (Wildman–Crippen LogP) is 1.56. The van der Waals surface area contributed by atoms with Gasteiger partial charge in [0.25, 0.3) is 0 Å². The molecule has 4 nitrogen and oxygen atoms in total. The third-order valence-electron chi connectivity index (χ3n) is 1.94. The highest BCUT2D eigenvalue weighted by Crippen LogP contribution is 2.24. The number of ether oxygens (including phenoxy) is 1. The first-order valence-corrected chi connectivity index (χ1v) is 4.36. The van der Waals surface area contributed by atoms with E-state index in [0.717, 1.165) is 5.56 Å². The fourth-order valence-electron chi connectivity index (χ4n) is 1.19. The normalized spacial score (nSPS) is 11.1. The Morgan fingerprint density at radius 3 is 2.36 bits per heavy atom. The maximum absolute atomic E-state index is 11.4. The Bertz CT molecular complexity index is 342. The molecule has 0 amide bonds. The van der Waals surface area contributed by atoms with Gasteiger partial charge in [0.2, 0.25) is 0 Å². The number of rotatable bonds is 1. The molecule has 0 aliphatic heterocycles. The first-order chi connectivity index (χ1) is 6.46. The van der Waals surface area contributed by atoms with E-state index in [0.29, 0.717) is 5.56 Å². The molecule has 1 rings (SSSR count). The number of carbonyl (C=O) groups excluding carboxylic acids is 1. The molecule has 0 saturated heterocycles. The Kier molecular flexibility index (Phi) is 2.84. The maximum Gasteiger partial charge on any atom is 0.339 e.